The van der Waals surface area contributed by atoms with E-state index >= 15 is 0 Å². The van der Waals surface area contributed by atoms with E-state index < -0.39 is 0 Å². The van der Waals surface area contributed by atoms with E-state index in [4.69, 9.17) is 4.74 Å². The molecule has 1 atom stereocenters. The molecule has 20 heavy (non-hydrogen) atoms. The van der Waals surface area contributed by atoms with Crippen LogP contribution in [0.15, 0.2) is 36.7 Å². The van der Waals surface area contributed by atoms with Crippen LogP contribution in [0.5, 0.6) is 5.75 Å². The first-order valence-electron chi connectivity index (χ1n) is 7.08. The number of hydrogen-bond donors (Lipinski definition) is 1. The molecule has 0 saturated carbocycles. The molecule has 0 saturated heterocycles. The normalized spacial score (nSPS) is 12.3. The summed E-state index contributed by atoms with van der Waals surface area (Å²) in [5.41, 5.74) is 1.24. The van der Waals surface area contributed by atoms with E-state index in [1.165, 1.54) is 5.56 Å². The number of ether oxygens (including phenoxy) is 1. The highest BCUT2D eigenvalue weighted by Crippen LogP contribution is 2.22. The fourth-order valence-corrected chi connectivity index (χ4v) is 2.26. The zero-order valence-corrected chi connectivity index (χ0v) is 12.5. The molecule has 2 rings (SSSR count). The van der Waals surface area contributed by atoms with E-state index in [1.54, 1.807) is 7.11 Å². The van der Waals surface area contributed by atoms with Crippen LogP contribution < -0.4 is 10.1 Å². The van der Waals surface area contributed by atoms with Gasteiger partial charge in [0, 0.05) is 31.9 Å². The van der Waals surface area contributed by atoms with Crippen molar-refractivity contribution in [1.29, 1.82) is 0 Å². The molecule has 1 N–H and O–H groups in total. The molecule has 2 aromatic rings. The van der Waals surface area contributed by atoms with E-state index in [9.17, 15) is 0 Å². The van der Waals surface area contributed by atoms with Gasteiger partial charge >= 0.3 is 0 Å². The summed E-state index contributed by atoms with van der Waals surface area (Å²) in [5, 5.41) is 3.59. The van der Waals surface area contributed by atoms with Crippen molar-refractivity contribution in [3.63, 3.8) is 0 Å². The zero-order chi connectivity index (χ0) is 14.4. The summed E-state index contributed by atoms with van der Waals surface area (Å²) in [7, 11) is 3.73. The SMILES string of the molecule is CCCNC(Cc1nccn1C)c1cccc(OC)c1. The van der Waals surface area contributed by atoms with Crippen LogP contribution in [0.2, 0.25) is 0 Å². The van der Waals surface area contributed by atoms with Crippen molar-refractivity contribution in [2.75, 3.05) is 13.7 Å². The topological polar surface area (TPSA) is 39.1 Å². The molecule has 0 bridgehead atoms. The third kappa shape index (κ3) is 3.61. The predicted octanol–water partition coefficient (Wildman–Crippen LogP) is 2.71. The van der Waals surface area contributed by atoms with Gasteiger partial charge in [0.05, 0.1) is 7.11 Å². The number of aromatic nitrogens is 2. The molecule has 4 heteroatoms. The zero-order valence-electron chi connectivity index (χ0n) is 12.5. The third-order valence-corrected chi connectivity index (χ3v) is 3.44. The molecule has 0 aliphatic rings. The number of aryl methyl sites for hydroxylation is 1. The summed E-state index contributed by atoms with van der Waals surface area (Å²) in [6, 6.07) is 8.50. The van der Waals surface area contributed by atoms with Crippen molar-refractivity contribution in [3.05, 3.63) is 48.0 Å². The lowest BCUT2D eigenvalue weighted by Crippen LogP contribution is -2.25. The molecule has 108 valence electrons. The monoisotopic (exact) mass is 273 g/mol. The van der Waals surface area contributed by atoms with Crippen LogP contribution in [-0.4, -0.2) is 23.2 Å². The molecule has 1 aromatic heterocycles. The second kappa shape index (κ2) is 7.10. The summed E-state index contributed by atoms with van der Waals surface area (Å²) >= 11 is 0. The molecule has 1 unspecified atom stereocenters. The van der Waals surface area contributed by atoms with Gasteiger partial charge in [-0.2, -0.15) is 0 Å². The molecule has 0 amide bonds. The minimum Gasteiger partial charge on any atom is -0.497 e. The predicted molar refractivity (Wildman–Crippen MR) is 80.9 cm³/mol. The van der Waals surface area contributed by atoms with Crippen LogP contribution in [0.1, 0.15) is 30.8 Å². The molecule has 1 aromatic carbocycles. The summed E-state index contributed by atoms with van der Waals surface area (Å²) in [4.78, 5) is 4.42. The van der Waals surface area contributed by atoms with Crippen molar-refractivity contribution in [2.24, 2.45) is 7.05 Å². The highest BCUT2D eigenvalue weighted by atomic mass is 16.5. The maximum Gasteiger partial charge on any atom is 0.119 e. The van der Waals surface area contributed by atoms with Crippen molar-refractivity contribution in [1.82, 2.24) is 14.9 Å². The van der Waals surface area contributed by atoms with Gasteiger partial charge in [-0.25, -0.2) is 4.98 Å². The van der Waals surface area contributed by atoms with Gasteiger partial charge in [0.25, 0.3) is 0 Å². The van der Waals surface area contributed by atoms with Crippen LogP contribution in [0.4, 0.5) is 0 Å². The quantitative estimate of drug-likeness (QED) is 0.843. The van der Waals surface area contributed by atoms with Gasteiger partial charge in [0.1, 0.15) is 11.6 Å². The van der Waals surface area contributed by atoms with Crippen LogP contribution in [0.3, 0.4) is 0 Å². The molecular formula is C16H23N3O. The first-order chi connectivity index (χ1) is 9.74. The highest BCUT2D eigenvalue weighted by Gasteiger charge is 2.14. The molecule has 0 spiro atoms. The van der Waals surface area contributed by atoms with E-state index in [1.807, 2.05) is 31.6 Å². The number of nitrogens with zero attached hydrogens (tertiary/aromatic N) is 2. The lowest BCUT2D eigenvalue weighted by molar-refractivity contribution is 0.412. The first-order valence-corrected chi connectivity index (χ1v) is 7.08. The van der Waals surface area contributed by atoms with Crippen molar-refractivity contribution in [2.45, 2.75) is 25.8 Å². The van der Waals surface area contributed by atoms with Gasteiger partial charge < -0.3 is 14.6 Å². The van der Waals surface area contributed by atoms with Crippen LogP contribution in [-0.2, 0) is 13.5 Å². The molecule has 0 radical (unpaired) electrons. The van der Waals surface area contributed by atoms with Gasteiger partial charge in [0.2, 0.25) is 0 Å². The summed E-state index contributed by atoms with van der Waals surface area (Å²) in [5.74, 6) is 1.98. The molecule has 0 fully saturated rings. The number of nitrogens with one attached hydrogen (secondary N) is 1. The number of imidazole rings is 1. The molecule has 0 aliphatic heterocycles. The number of rotatable bonds is 7. The Morgan fingerprint density at radius 1 is 1.40 bits per heavy atom. The maximum absolute atomic E-state index is 5.32. The lowest BCUT2D eigenvalue weighted by atomic mass is 10.0. The van der Waals surface area contributed by atoms with Crippen molar-refractivity contribution >= 4 is 0 Å². The molecule has 4 nitrogen and oxygen atoms in total. The van der Waals surface area contributed by atoms with Gasteiger partial charge in [0.15, 0.2) is 0 Å². The van der Waals surface area contributed by atoms with Crippen LogP contribution >= 0.6 is 0 Å². The Kier molecular flexibility index (Phi) is 5.18. The van der Waals surface area contributed by atoms with E-state index in [-0.39, 0.29) is 6.04 Å². The fraction of sp³-hybridized carbons (Fsp3) is 0.438. The van der Waals surface area contributed by atoms with Gasteiger partial charge in [-0.3, -0.25) is 0 Å². The molecule has 0 aliphatic carbocycles. The second-order valence-corrected chi connectivity index (χ2v) is 4.94. The number of hydrogen-bond acceptors (Lipinski definition) is 3. The van der Waals surface area contributed by atoms with Crippen molar-refractivity contribution < 1.29 is 4.74 Å². The largest absolute Gasteiger partial charge is 0.497 e. The minimum absolute atomic E-state index is 0.256. The van der Waals surface area contributed by atoms with Gasteiger partial charge in [-0.1, -0.05) is 19.1 Å². The maximum atomic E-state index is 5.32. The Bertz CT molecular complexity index is 536. The van der Waals surface area contributed by atoms with Crippen molar-refractivity contribution in [3.8, 4) is 5.75 Å². The average molecular weight is 273 g/mol. The standard InChI is InChI=1S/C16H23N3O/c1-4-8-17-15(12-16-18-9-10-19(16)2)13-6-5-7-14(11-13)20-3/h5-7,9-11,15,17H,4,8,12H2,1-3H3. The Morgan fingerprint density at radius 2 is 2.25 bits per heavy atom. The van der Waals surface area contributed by atoms with E-state index in [2.05, 4.69) is 33.9 Å². The van der Waals surface area contributed by atoms with E-state index in [0.717, 1.165) is 31.0 Å². The summed E-state index contributed by atoms with van der Waals surface area (Å²) in [6.07, 6.45) is 5.81. The number of methoxy groups -OCH3 is 1. The van der Waals surface area contributed by atoms with Gasteiger partial charge in [-0.05, 0) is 30.7 Å². The van der Waals surface area contributed by atoms with E-state index in [0.29, 0.717) is 0 Å². The van der Waals surface area contributed by atoms with Crippen LogP contribution in [0, 0.1) is 0 Å². The molecule has 1 heterocycles. The smallest absolute Gasteiger partial charge is 0.119 e. The third-order valence-electron chi connectivity index (χ3n) is 3.44. The Morgan fingerprint density at radius 3 is 2.90 bits per heavy atom. The minimum atomic E-state index is 0.256. The Labute approximate surface area is 120 Å². The second-order valence-electron chi connectivity index (χ2n) is 4.94. The summed E-state index contributed by atoms with van der Waals surface area (Å²) < 4.78 is 7.39. The first kappa shape index (κ1) is 14.6. The molecular weight excluding hydrogens is 250 g/mol. The van der Waals surface area contributed by atoms with Gasteiger partial charge in [-0.15, -0.1) is 0 Å². The Balaban J connectivity index is 2.19. The fourth-order valence-electron chi connectivity index (χ4n) is 2.26. The highest BCUT2D eigenvalue weighted by molar-refractivity contribution is 5.31. The lowest BCUT2D eigenvalue weighted by Gasteiger charge is -2.19. The number of benzene rings is 1. The average Bonchev–Trinajstić information content (AvgIpc) is 2.88. The summed E-state index contributed by atoms with van der Waals surface area (Å²) in [6.45, 7) is 3.17. The Hall–Kier alpha value is -1.81. The van der Waals surface area contributed by atoms with Crippen LogP contribution in [0.25, 0.3) is 0 Å².